The van der Waals surface area contributed by atoms with Crippen LogP contribution in [0, 0.1) is 5.41 Å². The zero-order valence-corrected chi connectivity index (χ0v) is 13.5. The Hall–Kier alpha value is -0.470. The van der Waals surface area contributed by atoms with Gasteiger partial charge < -0.3 is 5.32 Å². The van der Waals surface area contributed by atoms with E-state index in [1.54, 1.807) is 0 Å². The van der Waals surface area contributed by atoms with Crippen LogP contribution >= 0.6 is 11.8 Å². The number of aryl methyl sites for hydroxylation is 1. The van der Waals surface area contributed by atoms with E-state index >= 15 is 0 Å². The first-order chi connectivity index (χ1) is 9.00. The first-order valence-electron chi connectivity index (χ1n) is 7.43. The van der Waals surface area contributed by atoms with Gasteiger partial charge in [0.1, 0.15) is 0 Å². The second-order valence-corrected chi connectivity index (χ2v) is 7.59. The van der Waals surface area contributed by atoms with Gasteiger partial charge in [-0.1, -0.05) is 45.0 Å². The van der Waals surface area contributed by atoms with E-state index in [0.29, 0.717) is 17.5 Å². The zero-order valence-electron chi connectivity index (χ0n) is 12.7. The van der Waals surface area contributed by atoms with Crippen molar-refractivity contribution in [1.82, 2.24) is 5.32 Å². The maximum absolute atomic E-state index is 3.81. The molecule has 1 heterocycles. The third-order valence-corrected chi connectivity index (χ3v) is 5.61. The molecule has 1 nitrogen and oxygen atoms in total. The molecule has 1 N–H and O–H groups in total. The lowest BCUT2D eigenvalue weighted by atomic mass is 9.87. The fourth-order valence-corrected chi connectivity index (χ4v) is 4.15. The molecular formula is C17H27NS. The predicted molar refractivity (Wildman–Crippen MR) is 86.9 cm³/mol. The maximum Gasteiger partial charge on any atom is 0.0294 e. The van der Waals surface area contributed by atoms with Crippen LogP contribution in [0.1, 0.15) is 51.3 Å². The SMILES string of the molecule is CCc1ccc(C(C)NC2CSCC(C)(C)C2)cc1. The lowest BCUT2D eigenvalue weighted by Crippen LogP contribution is -2.41. The van der Waals surface area contributed by atoms with Gasteiger partial charge in [-0.05, 0) is 42.1 Å². The average Bonchev–Trinajstić information content (AvgIpc) is 2.37. The minimum atomic E-state index is 0.449. The largest absolute Gasteiger partial charge is 0.307 e. The van der Waals surface area contributed by atoms with Gasteiger partial charge in [0.2, 0.25) is 0 Å². The second-order valence-electron chi connectivity index (χ2n) is 6.56. The van der Waals surface area contributed by atoms with Crippen molar-refractivity contribution in [3.63, 3.8) is 0 Å². The maximum atomic E-state index is 3.81. The van der Waals surface area contributed by atoms with Gasteiger partial charge in [-0.2, -0.15) is 11.8 Å². The van der Waals surface area contributed by atoms with Crippen molar-refractivity contribution in [3.8, 4) is 0 Å². The number of nitrogens with one attached hydrogen (secondary N) is 1. The summed E-state index contributed by atoms with van der Waals surface area (Å²) in [5, 5.41) is 3.81. The Balaban J connectivity index is 1.94. The Bertz CT molecular complexity index is 396. The molecule has 1 aromatic carbocycles. The summed E-state index contributed by atoms with van der Waals surface area (Å²) in [6.45, 7) is 9.26. The van der Waals surface area contributed by atoms with Crippen molar-refractivity contribution < 1.29 is 0 Å². The normalized spacial score (nSPS) is 24.1. The molecule has 0 bridgehead atoms. The van der Waals surface area contributed by atoms with E-state index in [4.69, 9.17) is 0 Å². The molecule has 0 aliphatic carbocycles. The summed E-state index contributed by atoms with van der Waals surface area (Å²) < 4.78 is 0. The number of benzene rings is 1. The van der Waals surface area contributed by atoms with Gasteiger partial charge in [-0.3, -0.25) is 0 Å². The Labute approximate surface area is 122 Å². The molecule has 2 atom stereocenters. The summed E-state index contributed by atoms with van der Waals surface area (Å²) in [4.78, 5) is 0. The summed E-state index contributed by atoms with van der Waals surface area (Å²) >= 11 is 2.09. The topological polar surface area (TPSA) is 12.0 Å². The molecule has 1 aliphatic rings. The van der Waals surface area contributed by atoms with Gasteiger partial charge in [0, 0.05) is 17.8 Å². The highest BCUT2D eigenvalue weighted by molar-refractivity contribution is 7.99. The van der Waals surface area contributed by atoms with E-state index in [2.05, 4.69) is 69.0 Å². The summed E-state index contributed by atoms with van der Waals surface area (Å²) in [7, 11) is 0. The zero-order chi connectivity index (χ0) is 13.9. The average molecular weight is 277 g/mol. The third-order valence-electron chi connectivity index (χ3n) is 3.98. The minimum absolute atomic E-state index is 0.449. The van der Waals surface area contributed by atoms with E-state index in [-0.39, 0.29) is 0 Å². The quantitative estimate of drug-likeness (QED) is 0.873. The van der Waals surface area contributed by atoms with E-state index in [9.17, 15) is 0 Å². The molecule has 2 heteroatoms. The van der Waals surface area contributed by atoms with Crippen LogP contribution in [0.15, 0.2) is 24.3 Å². The Kier molecular flexibility index (Phi) is 4.97. The first kappa shape index (κ1) is 14.9. The smallest absolute Gasteiger partial charge is 0.0294 e. The Morgan fingerprint density at radius 1 is 1.32 bits per heavy atom. The van der Waals surface area contributed by atoms with Crippen molar-refractivity contribution in [1.29, 1.82) is 0 Å². The van der Waals surface area contributed by atoms with Gasteiger partial charge in [-0.15, -0.1) is 0 Å². The Morgan fingerprint density at radius 2 is 2.00 bits per heavy atom. The van der Waals surface area contributed by atoms with Gasteiger partial charge >= 0.3 is 0 Å². The molecule has 0 spiro atoms. The fourth-order valence-electron chi connectivity index (χ4n) is 2.86. The number of hydrogen-bond donors (Lipinski definition) is 1. The predicted octanol–water partition coefficient (Wildman–Crippen LogP) is 4.43. The summed E-state index contributed by atoms with van der Waals surface area (Å²) in [6, 6.07) is 10.2. The van der Waals surface area contributed by atoms with Crippen LogP contribution < -0.4 is 5.32 Å². The van der Waals surface area contributed by atoms with E-state index in [1.165, 1.54) is 29.1 Å². The molecule has 0 radical (unpaired) electrons. The van der Waals surface area contributed by atoms with Crippen molar-refractivity contribution in [2.24, 2.45) is 5.41 Å². The van der Waals surface area contributed by atoms with E-state index in [0.717, 1.165) is 6.42 Å². The standard InChI is InChI=1S/C17H27NS/c1-5-14-6-8-15(9-7-14)13(2)18-16-10-17(3,4)12-19-11-16/h6-9,13,16,18H,5,10-12H2,1-4H3. The molecule has 2 unspecified atom stereocenters. The molecule has 0 saturated carbocycles. The lowest BCUT2D eigenvalue weighted by Gasteiger charge is -2.36. The van der Waals surface area contributed by atoms with Crippen molar-refractivity contribution >= 4 is 11.8 Å². The number of hydrogen-bond acceptors (Lipinski definition) is 2. The molecule has 1 saturated heterocycles. The highest BCUT2D eigenvalue weighted by Gasteiger charge is 2.29. The summed E-state index contributed by atoms with van der Waals surface area (Å²) in [5.41, 5.74) is 3.31. The molecule has 1 aliphatic heterocycles. The molecule has 2 rings (SSSR count). The monoisotopic (exact) mass is 277 g/mol. The van der Waals surface area contributed by atoms with E-state index < -0.39 is 0 Å². The van der Waals surface area contributed by atoms with Gasteiger partial charge in [-0.25, -0.2) is 0 Å². The third kappa shape index (κ3) is 4.25. The second kappa shape index (κ2) is 6.32. The van der Waals surface area contributed by atoms with Crippen molar-refractivity contribution in [2.75, 3.05) is 11.5 Å². The molecule has 106 valence electrons. The number of rotatable bonds is 4. The molecule has 1 fully saturated rings. The van der Waals surface area contributed by atoms with Crippen LogP contribution in [0.25, 0.3) is 0 Å². The van der Waals surface area contributed by atoms with Gasteiger partial charge in [0.25, 0.3) is 0 Å². The molecule has 0 aromatic heterocycles. The lowest BCUT2D eigenvalue weighted by molar-refractivity contribution is 0.305. The Morgan fingerprint density at radius 3 is 2.58 bits per heavy atom. The van der Waals surface area contributed by atoms with Crippen LogP contribution in [-0.4, -0.2) is 17.5 Å². The van der Waals surface area contributed by atoms with Crippen LogP contribution in [0.5, 0.6) is 0 Å². The molecule has 0 amide bonds. The van der Waals surface area contributed by atoms with Crippen molar-refractivity contribution in [3.05, 3.63) is 35.4 Å². The number of thioether (sulfide) groups is 1. The van der Waals surface area contributed by atoms with E-state index in [1.807, 2.05) is 0 Å². The molecule has 1 aromatic rings. The van der Waals surface area contributed by atoms with Gasteiger partial charge in [0.05, 0.1) is 0 Å². The van der Waals surface area contributed by atoms with Crippen LogP contribution in [0.3, 0.4) is 0 Å². The minimum Gasteiger partial charge on any atom is -0.307 e. The van der Waals surface area contributed by atoms with Crippen LogP contribution in [-0.2, 0) is 6.42 Å². The van der Waals surface area contributed by atoms with Crippen molar-refractivity contribution in [2.45, 2.75) is 52.6 Å². The highest BCUT2D eigenvalue weighted by Crippen LogP contribution is 2.34. The fraction of sp³-hybridized carbons (Fsp3) is 0.647. The summed E-state index contributed by atoms with van der Waals surface area (Å²) in [5.74, 6) is 2.55. The summed E-state index contributed by atoms with van der Waals surface area (Å²) in [6.07, 6.45) is 2.41. The van der Waals surface area contributed by atoms with Crippen LogP contribution in [0.2, 0.25) is 0 Å². The molecule has 19 heavy (non-hydrogen) atoms. The van der Waals surface area contributed by atoms with Crippen LogP contribution in [0.4, 0.5) is 0 Å². The highest BCUT2D eigenvalue weighted by atomic mass is 32.2. The first-order valence-corrected chi connectivity index (χ1v) is 8.58. The molecular weight excluding hydrogens is 250 g/mol. The van der Waals surface area contributed by atoms with Gasteiger partial charge in [0.15, 0.2) is 0 Å².